The van der Waals surface area contributed by atoms with Crippen molar-refractivity contribution in [3.63, 3.8) is 0 Å². The highest BCUT2D eigenvalue weighted by Crippen LogP contribution is 2.44. The molecular formula is C27H32F4N6O3. The maximum absolute atomic E-state index is 14.5. The SMILES string of the molecule is CCNC(=O)c1ccc(C/C=C2/CC3(CCN(c4cnc(C(F)(F)F)cn4)CC3)O/C2=C/NC)cc1F.NC=O. The highest BCUT2D eigenvalue weighted by Gasteiger charge is 2.44. The third-order valence-corrected chi connectivity index (χ3v) is 6.56. The third-order valence-electron chi connectivity index (χ3n) is 6.56. The Kier molecular flexibility index (Phi) is 10.1. The van der Waals surface area contributed by atoms with E-state index in [4.69, 9.17) is 9.53 Å². The van der Waals surface area contributed by atoms with Gasteiger partial charge in [0.05, 0.1) is 18.0 Å². The number of carbonyl (C=O) groups excluding carboxylic acids is 2. The molecule has 2 saturated heterocycles. The van der Waals surface area contributed by atoms with Crippen LogP contribution in [-0.2, 0) is 22.1 Å². The molecule has 1 aromatic carbocycles. The molecular weight excluding hydrogens is 532 g/mol. The first-order valence-electron chi connectivity index (χ1n) is 12.7. The predicted molar refractivity (Wildman–Crippen MR) is 141 cm³/mol. The van der Waals surface area contributed by atoms with Crippen molar-refractivity contribution < 1.29 is 31.9 Å². The first kappa shape index (κ1) is 30.4. The van der Waals surface area contributed by atoms with Crippen molar-refractivity contribution in [2.24, 2.45) is 5.73 Å². The molecule has 4 rings (SSSR count). The van der Waals surface area contributed by atoms with E-state index in [1.807, 2.05) is 11.0 Å². The molecule has 40 heavy (non-hydrogen) atoms. The smallest absolute Gasteiger partial charge is 0.434 e. The number of nitrogens with zero attached hydrogens (tertiary/aromatic N) is 3. The van der Waals surface area contributed by atoms with Crippen LogP contribution < -0.4 is 21.3 Å². The van der Waals surface area contributed by atoms with Crippen LogP contribution in [0.25, 0.3) is 0 Å². The second-order valence-electron chi connectivity index (χ2n) is 9.25. The molecule has 216 valence electrons. The molecule has 0 aliphatic carbocycles. The number of primary amides is 1. The van der Waals surface area contributed by atoms with E-state index >= 15 is 0 Å². The van der Waals surface area contributed by atoms with Crippen LogP contribution in [0.4, 0.5) is 23.4 Å². The largest absolute Gasteiger partial charge is 0.485 e. The van der Waals surface area contributed by atoms with E-state index in [-0.39, 0.29) is 12.0 Å². The van der Waals surface area contributed by atoms with Gasteiger partial charge in [0.15, 0.2) is 5.69 Å². The Bertz CT molecular complexity index is 1240. The fraction of sp³-hybridized carbons (Fsp3) is 0.407. The highest BCUT2D eigenvalue weighted by atomic mass is 19.4. The third kappa shape index (κ3) is 7.48. The van der Waals surface area contributed by atoms with Gasteiger partial charge in [0.2, 0.25) is 6.41 Å². The zero-order valence-corrected chi connectivity index (χ0v) is 22.2. The van der Waals surface area contributed by atoms with Gasteiger partial charge in [0.25, 0.3) is 5.91 Å². The number of nitrogens with one attached hydrogen (secondary N) is 2. The van der Waals surface area contributed by atoms with Crippen molar-refractivity contribution in [3.05, 3.63) is 76.8 Å². The number of nitrogens with two attached hydrogens (primary N) is 1. The van der Waals surface area contributed by atoms with Gasteiger partial charge in [-0.1, -0.05) is 12.1 Å². The molecule has 2 aromatic rings. The number of carbonyl (C=O) groups is 2. The van der Waals surface area contributed by atoms with Crippen LogP contribution in [0.2, 0.25) is 0 Å². The van der Waals surface area contributed by atoms with E-state index in [1.54, 1.807) is 26.2 Å². The molecule has 2 aliphatic rings. The van der Waals surface area contributed by atoms with Gasteiger partial charge in [-0.15, -0.1) is 0 Å². The molecule has 2 amide bonds. The number of anilines is 1. The Morgan fingerprint density at radius 3 is 2.48 bits per heavy atom. The number of ether oxygens (including phenoxy) is 1. The first-order valence-corrected chi connectivity index (χ1v) is 12.7. The Balaban J connectivity index is 0.00000141. The fourth-order valence-electron chi connectivity index (χ4n) is 4.61. The average Bonchev–Trinajstić information content (AvgIpc) is 3.24. The van der Waals surface area contributed by atoms with E-state index in [1.165, 1.54) is 12.1 Å². The topological polar surface area (TPSA) is 122 Å². The quantitative estimate of drug-likeness (QED) is 0.363. The predicted octanol–water partition coefficient (Wildman–Crippen LogP) is 3.47. The molecule has 0 bridgehead atoms. The van der Waals surface area contributed by atoms with Crippen LogP contribution in [0.15, 0.2) is 54.2 Å². The molecule has 1 aromatic heterocycles. The van der Waals surface area contributed by atoms with Crippen LogP contribution >= 0.6 is 0 Å². The van der Waals surface area contributed by atoms with E-state index in [0.29, 0.717) is 56.9 Å². The van der Waals surface area contributed by atoms with Gasteiger partial charge in [0.1, 0.15) is 23.0 Å². The second kappa shape index (κ2) is 13.3. The summed E-state index contributed by atoms with van der Waals surface area (Å²) < 4.78 is 59.2. The van der Waals surface area contributed by atoms with Gasteiger partial charge >= 0.3 is 6.18 Å². The lowest BCUT2D eigenvalue weighted by atomic mass is 9.86. The Hall–Kier alpha value is -4.16. The number of rotatable bonds is 6. The van der Waals surface area contributed by atoms with Crippen molar-refractivity contribution in [3.8, 4) is 0 Å². The van der Waals surface area contributed by atoms with Gasteiger partial charge in [-0.2, -0.15) is 13.2 Å². The monoisotopic (exact) mass is 564 g/mol. The summed E-state index contributed by atoms with van der Waals surface area (Å²) in [6.07, 6.45) is 3.87. The van der Waals surface area contributed by atoms with Gasteiger partial charge in [0, 0.05) is 52.1 Å². The molecule has 2 fully saturated rings. The minimum atomic E-state index is -4.52. The van der Waals surface area contributed by atoms with Crippen LogP contribution in [0, 0.1) is 5.82 Å². The number of allylic oxidation sites excluding steroid dienone is 2. The Labute approximate surface area is 229 Å². The number of piperidine rings is 1. The summed E-state index contributed by atoms with van der Waals surface area (Å²) in [6.45, 7) is 3.32. The van der Waals surface area contributed by atoms with Crippen molar-refractivity contribution in [1.82, 2.24) is 20.6 Å². The summed E-state index contributed by atoms with van der Waals surface area (Å²) in [5.74, 6) is 0.111. The van der Waals surface area contributed by atoms with Crippen LogP contribution in [0.5, 0.6) is 0 Å². The summed E-state index contributed by atoms with van der Waals surface area (Å²) in [5, 5.41) is 5.60. The van der Waals surface area contributed by atoms with Crippen LogP contribution in [-0.4, -0.2) is 54.6 Å². The number of hydrogen-bond donors (Lipinski definition) is 3. The number of benzene rings is 1. The van der Waals surface area contributed by atoms with Gasteiger partial charge in [-0.25, -0.2) is 14.4 Å². The fourth-order valence-corrected chi connectivity index (χ4v) is 4.61. The Morgan fingerprint density at radius 1 is 1.23 bits per heavy atom. The van der Waals surface area contributed by atoms with E-state index in [9.17, 15) is 22.4 Å². The number of alkyl halides is 3. The molecule has 3 heterocycles. The maximum atomic E-state index is 14.5. The molecule has 4 N–H and O–H groups in total. The zero-order chi connectivity index (χ0) is 29.3. The number of aromatic nitrogens is 2. The van der Waals surface area contributed by atoms with E-state index in [2.05, 4.69) is 26.3 Å². The summed E-state index contributed by atoms with van der Waals surface area (Å²) in [7, 11) is 1.78. The average molecular weight is 565 g/mol. The van der Waals surface area contributed by atoms with Crippen LogP contribution in [0.1, 0.15) is 47.8 Å². The first-order chi connectivity index (χ1) is 19.1. The lowest BCUT2D eigenvalue weighted by Gasteiger charge is -2.38. The number of hydrogen-bond acceptors (Lipinski definition) is 7. The highest BCUT2D eigenvalue weighted by molar-refractivity contribution is 5.94. The number of halogens is 4. The summed E-state index contributed by atoms with van der Waals surface area (Å²) >= 11 is 0. The van der Waals surface area contributed by atoms with Gasteiger partial charge in [-0.05, 0) is 36.6 Å². The Morgan fingerprint density at radius 2 is 1.93 bits per heavy atom. The van der Waals surface area contributed by atoms with Crippen molar-refractivity contribution in [2.75, 3.05) is 31.6 Å². The molecule has 0 radical (unpaired) electrons. The van der Waals surface area contributed by atoms with Crippen molar-refractivity contribution in [1.29, 1.82) is 0 Å². The molecule has 0 saturated carbocycles. The molecule has 0 atom stereocenters. The van der Waals surface area contributed by atoms with E-state index in [0.717, 1.165) is 23.5 Å². The van der Waals surface area contributed by atoms with Gasteiger partial charge in [-0.3, -0.25) is 9.59 Å². The normalized spacial score (nSPS) is 18.2. The second-order valence-corrected chi connectivity index (χ2v) is 9.25. The van der Waals surface area contributed by atoms with Crippen LogP contribution in [0.3, 0.4) is 0 Å². The minimum absolute atomic E-state index is 0.0154. The molecule has 13 heteroatoms. The molecule has 1 spiro atoms. The lowest BCUT2D eigenvalue weighted by Crippen LogP contribution is -2.44. The molecule has 9 nitrogen and oxygen atoms in total. The zero-order valence-electron chi connectivity index (χ0n) is 22.2. The van der Waals surface area contributed by atoms with Crippen molar-refractivity contribution >= 4 is 18.1 Å². The summed E-state index contributed by atoms with van der Waals surface area (Å²) in [6, 6.07) is 4.60. The molecule has 0 unspecified atom stereocenters. The molecule has 2 aliphatic heterocycles. The number of amides is 2. The summed E-state index contributed by atoms with van der Waals surface area (Å²) in [5.41, 5.74) is 4.46. The van der Waals surface area contributed by atoms with Gasteiger partial charge < -0.3 is 26.0 Å². The maximum Gasteiger partial charge on any atom is 0.434 e. The minimum Gasteiger partial charge on any atom is -0.485 e. The standard InChI is InChI=1S/C26H29F4N5O2.CH3NO/c1-3-32-24(36)19-7-5-17(12-20(19)27)4-6-18-13-25(37-21(18)14-31-2)8-10-35(11-9-25)23-16-33-22(15-34-23)26(28,29)30;2-1-3/h5-7,12,14-16,31H,3-4,8-11,13H2,1-2H3,(H,32,36);1H,(H2,2,3)/b18-6-,21-14+;. The van der Waals surface area contributed by atoms with Crippen molar-refractivity contribution in [2.45, 2.75) is 44.4 Å². The van der Waals surface area contributed by atoms with E-state index < -0.39 is 29.2 Å². The lowest BCUT2D eigenvalue weighted by molar-refractivity contribution is -0.141. The summed E-state index contributed by atoms with van der Waals surface area (Å²) in [4.78, 5) is 29.9.